The van der Waals surface area contributed by atoms with Crippen molar-refractivity contribution in [2.75, 3.05) is 7.05 Å². The zero-order valence-corrected chi connectivity index (χ0v) is 15.9. The molecule has 0 aliphatic heterocycles. The first-order valence-corrected chi connectivity index (χ1v) is 8.97. The maximum absolute atomic E-state index is 12.9. The van der Waals surface area contributed by atoms with E-state index in [0.717, 1.165) is 11.4 Å². The van der Waals surface area contributed by atoms with Crippen molar-refractivity contribution in [3.8, 4) is 5.75 Å². The van der Waals surface area contributed by atoms with Gasteiger partial charge in [-0.15, -0.1) is 0 Å². The van der Waals surface area contributed by atoms with E-state index in [1.807, 2.05) is 56.3 Å². The summed E-state index contributed by atoms with van der Waals surface area (Å²) in [5.74, 6) is 1.18. The monoisotopic (exact) mass is 364 g/mol. The Morgan fingerprint density at radius 3 is 2.67 bits per heavy atom. The first-order valence-electron chi connectivity index (χ1n) is 8.97. The summed E-state index contributed by atoms with van der Waals surface area (Å²) in [7, 11) is 1.80. The van der Waals surface area contributed by atoms with Gasteiger partial charge in [-0.1, -0.05) is 23.8 Å². The van der Waals surface area contributed by atoms with Gasteiger partial charge in [0.1, 0.15) is 12.4 Å². The highest BCUT2D eigenvalue weighted by Gasteiger charge is 2.22. The molecule has 0 saturated heterocycles. The van der Waals surface area contributed by atoms with E-state index in [1.54, 1.807) is 24.2 Å². The number of amides is 1. The molecule has 0 spiro atoms. The number of furan rings is 1. The Morgan fingerprint density at radius 1 is 1.19 bits per heavy atom. The number of rotatable bonds is 7. The molecular formula is C22H24N2O3. The molecule has 3 aromatic rings. The zero-order valence-electron chi connectivity index (χ0n) is 15.9. The Labute approximate surface area is 159 Å². The summed E-state index contributed by atoms with van der Waals surface area (Å²) in [5, 5.41) is 0. The molecule has 1 amide bonds. The topological polar surface area (TPSA) is 55.6 Å². The van der Waals surface area contributed by atoms with Gasteiger partial charge in [0.25, 0.3) is 5.91 Å². The van der Waals surface area contributed by atoms with Gasteiger partial charge in [-0.25, -0.2) is 0 Å². The molecule has 0 bridgehead atoms. The lowest BCUT2D eigenvalue weighted by Crippen LogP contribution is -2.36. The molecule has 2 aromatic heterocycles. The number of hydrogen-bond acceptors (Lipinski definition) is 4. The predicted molar refractivity (Wildman–Crippen MR) is 104 cm³/mol. The van der Waals surface area contributed by atoms with Crippen molar-refractivity contribution >= 4 is 5.91 Å². The van der Waals surface area contributed by atoms with Crippen LogP contribution >= 0.6 is 0 Å². The first kappa shape index (κ1) is 18.7. The van der Waals surface area contributed by atoms with E-state index in [9.17, 15) is 4.79 Å². The average molecular weight is 364 g/mol. The van der Waals surface area contributed by atoms with Crippen LogP contribution in [0.4, 0.5) is 0 Å². The minimum atomic E-state index is -0.0883. The SMILES string of the molecule is Cc1ccc(OCc2occc2C(=O)N(C)[C@@H](C)Cc2ccccn2)cc1. The number of ether oxygens (including phenoxy) is 1. The minimum absolute atomic E-state index is 0.00756. The number of nitrogens with zero attached hydrogens (tertiary/aromatic N) is 2. The lowest BCUT2D eigenvalue weighted by Gasteiger charge is -2.24. The second-order valence-electron chi connectivity index (χ2n) is 6.65. The summed E-state index contributed by atoms with van der Waals surface area (Å²) in [4.78, 5) is 19.0. The van der Waals surface area contributed by atoms with Crippen LogP contribution in [0.15, 0.2) is 65.4 Å². The number of hydrogen-bond donors (Lipinski definition) is 0. The average Bonchev–Trinajstić information content (AvgIpc) is 3.15. The van der Waals surface area contributed by atoms with Crippen molar-refractivity contribution in [2.24, 2.45) is 0 Å². The highest BCUT2D eigenvalue weighted by atomic mass is 16.5. The van der Waals surface area contributed by atoms with E-state index >= 15 is 0 Å². The van der Waals surface area contributed by atoms with Gasteiger partial charge in [0.15, 0.2) is 5.76 Å². The van der Waals surface area contributed by atoms with Crippen LogP contribution in [0.1, 0.15) is 34.3 Å². The van der Waals surface area contributed by atoms with Crippen molar-refractivity contribution in [3.05, 3.63) is 83.6 Å². The molecule has 0 saturated carbocycles. The second-order valence-corrected chi connectivity index (χ2v) is 6.65. The second kappa shape index (κ2) is 8.54. The van der Waals surface area contributed by atoms with Gasteiger partial charge >= 0.3 is 0 Å². The van der Waals surface area contributed by atoms with Crippen molar-refractivity contribution < 1.29 is 13.9 Å². The summed E-state index contributed by atoms with van der Waals surface area (Å²) < 4.78 is 11.3. The third-order valence-corrected chi connectivity index (χ3v) is 4.58. The number of aryl methyl sites for hydroxylation is 1. The first-order chi connectivity index (χ1) is 13.0. The molecule has 0 N–H and O–H groups in total. The highest BCUT2D eigenvalue weighted by Crippen LogP contribution is 2.19. The van der Waals surface area contributed by atoms with Gasteiger partial charge in [0.2, 0.25) is 0 Å². The standard InChI is InChI=1S/C22H24N2O3/c1-16-7-9-19(10-8-16)27-15-21-20(11-13-26-21)22(25)24(3)17(2)14-18-6-4-5-12-23-18/h4-13,17H,14-15H2,1-3H3/t17-/m0/s1. The number of benzene rings is 1. The van der Waals surface area contributed by atoms with Crippen LogP contribution in [-0.2, 0) is 13.0 Å². The highest BCUT2D eigenvalue weighted by molar-refractivity contribution is 5.95. The van der Waals surface area contributed by atoms with E-state index in [1.165, 1.54) is 11.8 Å². The van der Waals surface area contributed by atoms with Crippen molar-refractivity contribution in [1.29, 1.82) is 0 Å². The molecule has 0 aliphatic carbocycles. The fourth-order valence-electron chi connectivity index (χ4n) is 2.77. The van der Waals surface area contributed by atoms with Gasteiger partial charge in [0, 0.05) is 31.4 Å². The predicted octanol–water partition coefficient (Wildman–Crippen LogP) is 4.27. The van der Waals surface area contributed by atoms with Crippen molar-refractivity contribution in [2.45, 2.75) is 32.9 Å². The van der Waals surface area contributed by atoms with E-state index < -0.39 is 0 Å². The lowest BCUT2D eigenvalue weighted by molar-refractivity contribution is 0.0738. The molecule has 27 heavy (non-hydrogen) atoms. The lowest BCUT2D eigenvalue weighted by atomic mass is 10.1. The van der Waals surface area contributed by atoms with Crippen LogP contribution in [-0.4, -0.2) is 28.9 Å². The van der Waals surface area contributed by atoms with Crippen LogP contribution in [0.2, 0.25) is 0 Å². The van der Waals surface area contributed by atoms with Gasteiger partial charge in [-0.2, -0.15) is 0 Å². The van der Waals surface area contributed by atoms with Crippen LogP contribution in [0, 0.1) is 6.92 Å². The van der Waals surface area contributed by atoms with Crippen LogP contribution in [0.25, 0.3) is 0 Å². The summed E-state index contributed by atoms with van der Waals surface area (Å²) in [6.07, 6.45) is 3.98. The van der Waals surface area contributed by atoms with Crippen LogP contribution in [0.3, 0.4) is 0 Å². The summed E-state index contributed by atoms with van der Waals surface area (Å²) >= 11 is 0. The summed E-state index contributed by atoms with van der Waals surface area (Å²) in [5.41, 5.74) is 2.65. The molecule has 140 valence electrons. The summed E-state index contributed by atoms with van der Waals surface area (Å²) in [6, 6.07) is 15.3. The van der Waals surface area contributed by atoms with Gasteiger partial charge < -0.3 is 14.1 Å². The Balaban J connectivity index is 1.64. The Morgan fingerprint density at radius 2 is 1.96 bits per heavy atom. The smallest absolute Gasteiger partial charge is 0.257 e. The van der Waals surface area contributed by atoms with Crippen LogP contribution in [0.5, 0.6) is 5.75 Å². The fraction of sp³-hybridized carbons (Fsp3) is 0.273. The molecule has 2 heterocycles. The number of aromatic nitrogens is 1. The van der Waals surface area contributed by atoms with Crippen LogP contribution < -0.4 is 4.74 Å². The molecule has 0 unspecified atom stereocenters. The number of carbonyl (C=O) groups excluding carboxylic acids is 1. The van der Waals surface area contributed by atoms with Crippen molar-refractivity contribution in [1.82, 2.24) is 9.88 Å². The number of pyridine rings is 1. The maximum Gasteiger partial charge on any atom is 0.257 e. The van der Waals surface area contributed by atoms with Gasteiger partial charge in [-0.3, -0.25) is 9.78 Å². The normalized spacial score (nSPS) is 11.8. The van der Waals surface area contributed by atoms with E-state index in [4.69, 9.17) is 9.15 Å². The largest absolute Gasteiger partial charge is 0.486 e. The van der Waals surface area contributed by atoms with E-state index in [-0.39, 0.29) is 18.6 Å². The van der Waals surface area contributed by atoms with Gasteiger partial charge in [0.05, 0.1) is 11.8 Å². The molecule has 3 rings (SSSR count). The molecule has 5 heteroatoms. The molecule has 5 nitrogen and oxygen atoms in total. The third kappa shape index (κ3) is 4.76. The van der Waals surface area contributed by atoms with Crippen molar-refractivity contribution in [3.63, 3.8) is 0 Å². The molecule has 1 atom stereocenters. The zero-order chi connectivity index (χ0) is 19.2. The fourth-order valence-corrected chi connectivity index (χ4v) is 2.77. The Kier molecular flexibility index (Phi) is 5.91. The molecular weight excluding hydrogens is 340 g/mol. The minimum Gasteiger partial charge on any atom is -0.486 e. The number of carbonyl (C=O) groups is 1. The quantitative estimate of drug-likeness (QED) is 0.628. The molecule has 1 aromatic carbocycles. The van der Waals surface area contributed by atoms with E-state index in [2.05, 4.69) is 4.98 Å². The molecule has 0 fully saturated rings. The maximum atomic E-state index is 12.9. The number of likely N-dealkylation sites (N-methyl/N-ethyl adjacent to an activating group) is 1. The Hall–Kier alpha value is -3.08. The third-order valence-electron chi connectivity index (χ3n) is 4.58. The Bertz CT molecular complexity index is 872. The molecule has 0 radical (unpaired) electrons. The summed E-state index contributed by atoms with van der Waals surface area (Å²) in [6.45, 7) is 4.24. The van der Waals surface area contributed by atoms with E-state index in [0.29, 0.717) is 17.7 Å². The van der Waals surface area contributed by atoms with Gasteiger partial charge in [-0.05, 0) is 44.2 Å². The molecule has 0 aliphatic rings.